The summed E-state index contributed by atoms with van der Waals surface area (Å²) in [5, 5.41) is 1.26. The van der Waals surface area contributed by atoms with Gasteiger partial charge in [-0.1, -0.05) is 18.2 Å². The molecule has 0 fully saturated rings. The van der Waals surface area contributed by atoms with Gasteiger partial charge in [-0.15, -0.1) is 0 Å². The maximum atomic E-state index is 12.7. The fourth-order valence-electron chi connectivity index (χ4n) is 3.72. The van der Waals surface area contributed by atoms with Gasteiger partial charge in [0, 0.05) is 35.4 Å². The van der Waals surface area contributed by atoms with Crippen LogP contribution in [-0.4, -0.2) is 28.9 Å². The second-order valence-corrected chi connectivity index (χ2v) is 8.95. The lowest BCUT2D eigenvalue weighted by Crippen LogP contribution is -2.04. The van der Waals surface area contributed by atoms with Gasteiger partial charge in [0.05, 0.1) is 25.1 Å². The number of nitrogens with zero attached hydrogens (tertiary/aromatic N) is 2. The van der Waals surface area contributed by atoms with Crippen LogP contribution in [0.5, 0.6) is 0 Å². The average Bonchev–Trinajstić information content (AvgIpc) is 2.98. The largest absolute Gasteiger partial charge is 0.340 e. The minimum atomic E-state index is -2.97. The summed E-state index contributed by atoms with van der Waals surface area (Å²) in [5.74, 6) is 0. The zero-order valence-corrected chi connectivity index (χ0v) is 17.8. The maximum absolute atomic E-state index is 12.7. The number of fused-ring (bicyclic) bond motifs is 1. The van der Waals surface area contributed by atoms with Crippen LogP contribution in [0.4, 0.5) is 0 Å². The van der Waals surface area contributed by atoms with Gasteiger partial charge in [0.2, 0.25) is 0 Å². The third-order valence-corrected chi connectivity index (χ3v) is 7.04. The van der Waals surface area contributed by atoms with Crippen LogP contribution in [0.2, 0.25) is 0 Å². The van der Waals surface area contributed by atoms with E-state index in [-0.39, 0.29) is 0 Å². The fraction of sp³-hybridized carbons (Fsp3) is 0.409. The number of rotatable bonds is 10. The van der Waals surface area contributed by atoms with Gasteiger partial charge in [-0.2, -0.15) is 0 Å². The monoisotopic (exact) mass is 400 g/mol. The van der Waals surface area contributed by atoms with Crippen LogP contribution in [0.15, 0.2) is 48.8 Å². The molecule has 0 radical (unpaired) electrons. The molecule has 5 nitrogen and oxygen atoms in total. The molecule has 0 aliphatic carbocycles. The number of pyridine rings is 1. The van der Waals surface area contributed by atoms with E-state index in [1.807, 2.05) is 26.1 Å². The van der Waals surface area contributed by atoms with E-state index >= 15 is 0 Å². The molecule has 0 atom stereocenters. The summed E-state index contributed by atoms with van der Waals surface area (Å²) in [4.78, 5) is 4.30. The Morgan fingerprint density at radius 1 is 1.04 bits per heavy atom. The molecule has 0 aliphatic rings. The van der Waals surface area contributed by atoms with Gasteiger partial charge in [-0.3, -0.25) is 9.55 Å². The number of hydrogen-bond acceptors (Lipinski definition) is 4. The summed E-state index contributed by atoms with van der Waals surface area (Å²) < 4.78 is 25.8. The van der Waals surface area contributed by atoms with Crippen LogP contribution < -0.4 is 0 Å². The molecule has 3 rings (SSSR count). The molecule has 2 aromatic heterocycles. The minimum Gasteiger partial charge on any atom is -0.340 e. The van der Waals surface area contributed by atoms with Crippen LogP contribution in [-0.2, 0) is 20.2 Å². The van der Waals surface area contributed by atoms with Crippen molar-refractivity contribution in [1.29, 1.82) is 0 Å². The van der Waals surface area contributed by atoms with E-state index in [9.17, 15) is 4.57 Å². The molecule has 3 aromatic rings. The lowest BCUT2D eigenvalue weighted by molar-refractivity contribution is 0.219. The van der Waals surface area contributed by atoms with Crippen molar-refractivity contribution in [3.05, 3.63) is 54.4 Å². The number of aromatic nitrogens is 2. The van der Waals surface area contributed by atoms with Crippen LogP contribution in [0.1, 0.15) is 32.3 Å². The zero-order valence-electron chi connectivity index (χ0n) is 16.9. The molecule has 0 N–H and O–H groups in total. The first-order chi connectivity index (χ1) is 13.6. The average molecular weight is 400 g/mol. The Kier molecular flexibility index (Phi) is 7.06. The first kappa shape index (κ1) is 20.8. The van der Waals surface area contributed by atoms with E-state index in [1.165, 1.54) is 22.2 Å². The summed E-state index contributed by atoms with van der Waals surface area (Å²) in [6.07, 6.45) is 5.85. The molecule has 0 amide bonds. The maximum Gasteiger partial charge on any atom is 0.330 e. The quantitative estimate of drug-likeness (QED) is 0.307. The van der Waals surface area contributed by atoms with Crippen molar-refractivity contribution in [1.82, 2.24) is 9.55 Å². The van der Waals surface area contributed by atoms with Gasteiger partial charge in [0.15, 0.2) is 0 Å². The van der Waals surface area contributed by atoms with Gasteiger partial charge in [-0.05, 0) is 57.4 Å². The molecule has 2 heterocycles. The van der Waals surface area contributed by atoms with E-state index < -0.39 is 7.60 Å². The van der Waals surface area contributed by atoms with E-state index in [0.717, 1.165) is 24.9 Å². The highest BCUT2D eigenvalue weighted by molar-refractivity contribution is 7.53. The number of hydrogen-bond donors (Lipinski definition) is 0. The van der Waals surface area contributed by atoms with E-state index in [4.69, 9.17) is 9.05 Å². The Morgan fingerprint density at radius 2 is 1.79 bits per heavy atom. The van der Waals surface area contributed by atoms with Crippen molar-refractivity contribution in [3.8, 4) is 11.3 Å². The summed E-state index contributed by atoms with van der Waals surface area (Å²) >= 11 is 0. The lowest BCUT2D eigenvalue weighted by atomic mass is 10.1. The number of aryl methyl sites for hydroxylation is 2. The summed E-state index contributed by atoms with van der Waals surface area (Å²) in [6.45, 7) is 7.52. The Labute approximate surface area is 167 Å². The number of para-hydroxylation sites is 1. The lowest BCUT2D eigenvalue weighted by Gasteiger charge is -2.17. The van der Waals surface area contributed by atoms with Crippen molar-refractivity contribution >= 4 is 18.5 Å². The Bertz CT molecular complexity index is 943. The molecule has 0 unspecified atom stereocenters. The normalized spacial score (nSPS) is 12.0. The van der Waals surface area contributed by atoms with Gasteiger partial charge in [0.25, 0.3) is 0 Å². The van der Waals surface area contributed by atoms with Crippen LogP contribution in [0.3, 0.4) is 0 Å². The molecule has 6 heteroatoms. The molecule has 0 saturated heterocycles. The Morgan fingerprint density at radius 3 is 2.46 bits per heavy atom. The second kappa shape index (κ2) is 9.51. The van der Waals surface area contributed by atoms with E-state index in [0.29, 0.717) is 19.4 Å². The van der Waals surface area contributed by atoms with Crippen molar-refractivity contribution in [2.24, 2.45) is 0 Å². The number of benzene rings is 1. The summed E-state index contributed by atoms with van der Waals surface area (Å²) in [5.41, 5.74) is 4.80. The second-order valence-electron chi connectivity index (χ2n) is 6.76. The van der Waals surface area contributed by atoms with E-state index in [2.05, 4.69) is 46.8 Å². The first-order valence-electron chi connectivity index (χ1n) is 9.96. The molecule has 150 valence electrons. The first-order valence-corrected chi connectivity index (χ1v) is 11.7. The van der Waals surface area contributed by atoms with Gasteiger partial charge in [-0.25, -0.2) is 0 Å². The van der Waals surface area contributed by atoms with Gasteiger partial charge in [0.1, 0.15) is 0 Å². The fourth-order valence-corrected chi connectivity index (χ4v) is 5.45. The summed E-state index contributed by atoms with van der Waals surface area (Å²) in [7, 11) is -2.97. The van der Waals surface area contributed by atoms with Crippen molar-refractivity contribution in [2.75, 3.05) is 19.4 Å². The highest BCUT2D eigenvalue weighted by Crippen LogP contribution is 2.48. The Hall–Kier alpha value is -1.94. The SMILES string of the molecule is CCOP(=O)(CCCCn1c(-c2cccnc2)c(C)c2ccccc21)OCC. The molecule has 0 saturated carbocycles. The molecule has 28 heavy (non-hydrogen) atoms. The Balaban J connectivity index is 1.82. The third kappa shape index (κ3) is 4.54. The van der Waals surface area contributed by atoms with Gasteiger partial charge < -0.3 is 13.6 Å². The third-order valence-electron chi connectivity index (χ3n) is 4.87. The standard InChI is InChI=1S/C22H29N2O3P/c1-4-26-28(25,27-5-2)16-9-8-15-24-21-13-7-6-12-20(21)18(3)22(24)19-11-10-14-23-17-19/h6-7,10-14,17H,4-5,8-9,15-16H2,1-3H3. The van der Waals surface area contributed by atoms with Crippen LogP contribution in [0, 0.1) is 6.92 Å². The molecule has 1 aromatic carbocycles. The van der Waals surface area contributed by atoms with Crippen LogP contribution in [0.25, 0.3) is 22.2 Å². The van der Waals surface area contributed by atoms with Crippen molar-refractivity contribution in [3.63, 3.8) is 0 Å². The highest BCUT2D eigenvalue weighted by atomic mass is 31.2. The number of unbranched alkanes of at least 4 members (excludes halogenated alkanes) is 1. The molecular formula is C22H29N2O3P. The minimum absolute atomic E-state index is 0.407. The topological polar surface area (TPSA) is 53.4 Å². The molecule has 0 bridgehead atoms. The molecule has 0 aliphatic heterocycles. The zero-order chi connectivity index (χ0) is 20.0. The predicted octanol–water partition coefficient (Wildman–Crippen LogP) is 6.06. The summed E-state index contributed by atoms with van der Waals surface area (Å²) in [6, 6.07) is 12.5. The highest BCUT2D eigenvalue weighted by Gasteiger charge is 2.23. The smallest absolute Gasteiger partial charge is 0.330 e. The van der Waals surface area contributed by atoms with Crippen molar-refractivity contribution in [2.45, 2.75) is 40.2 Å². The van der Waals surface area contributed by atoms with Crippen molar-refractivity contribution < 1.29 is 13.6 Å². The van der Waals surface area contributed by atoms with Crippen LogP contribution >= 0.6 is 7.60 Å². The molecular weight excluding hydrogens is 371 g/mol. The predicted molar refractivity (Wildman–Crippen MR) is 115 cm³/mol. The molecule has 0 spiro atoms. The van der Waals surface area contributed by atoms with E-state index in [1.54, 1.807) is 6.20 Å². The van der Waals surface area contributed by atoms with Gasteiger partial charge >= 0.3 is 7.60 Å².